The number of carbonyl (C=O) groups excluding carboxylic acids is 2. The highest BCUT2D eigenvalue weighted by Gasteiger charge is 2.40. The molecule has 0 N–H and O–H groups in total. The lowest BCUT2D eigenvalue weighted by Gasteiger charge is -2.20. The second-order valence-corrected chi connectivity index (χ2v) is 11.5. The summed E-state index contributed by atoms with van der Waals surface area (Å²) in [5.41, 5.74) is 2.40. The second-order valence-electron chi connectivity index (χ2n) is 11.5. The van der Waals surface area contributed by atoms with E-state index in [1.54, 1.807) is 12.1 Å². The monoisotopic (exact) mass is 656 g/mol. The molecule has 0 saturated heterocycles. The Morgan fingerprint density at radius 2 is 1.09 bits per heavy atom. The van der Waals surface area contributed by atoms with Crippen LogP contribution in [0.1, 0.15) is 105 Å². The van der Waals surface area contributed by atoms with Gasteiger partial charge >= 0.3 is 18.1 Å². The molecule has 3 aromatic rings. The molecule has 47 heavy (non-hydrogen) atoms. The van der Waals surface area contributed by atoms with Crippen molar-refractivity contribution in [2.75, 3.05) is 19.8 Å². The quantitative estimate of drug-likeness (QED) is 0.0646. The van der Waals surface area contributed by atoms with E-state index in [2.05, 4.69) is 6.92 Å². The van der Waals surface area contributed by atoms with Crippen molar-refractivity contribution in [2.24, 2.45) is 0 Å². The van der Waals surface area contributed by atoms with Gasteiger partial charge in [-0.3, -0.25) is 0 Å². The zero-order valence-electron chi connectivity index (χ0n) is 27.5. The van der Waals surface area contributed by atoms with Gasteiger partial charge in [-0.1, -0.05) is 89.5 Å². The van der Waals surface area contributed by atoms with E-state index in [0.29, 0.717) is 18.6 Å². The lowest BCUT2D eigenvalue weighted by molar-refractivity contribution is -0.224. The summed E-state index contributed by atoms with van der Waals surface area (Å²) < 4.78 is 61.2. The minimum atomic E-state index is -4.55. The molecule has 6 nitrogen and oxygen atoms in total. The highest BCUT2D eigenvalue weighted by molar-refractivity contribution is 5.92. The number of carbonyl (C=O) groups is 2. The summed E-state index contributed by atoms with van der Waals surface area (Å²) in [6, 6.07) is 20.5. The molecule has 1 atom stereocenters. The SMILES string of the molecule is CCCCCCCCOc1ccc(-c2ccc(C(=O)Oc3ccc(C(=O)OCCC(OCCCCCC)C(F)(F)F)cc3)cc2)cc1. The maximum Gasteiger partial charge on any atom is 0.414 e. The zero-order chi connectivity index (χ0) is 33.9. The molecule has 0 fully saturated rings. The van der Waals surface area contributed by atoms with Crippen molar-refractivity contribution in [3.8, 4) is 22.6 Å². The minimum Gasteiger partial charge on any atom is -0.494 e. The van der Waals surface area contributed by atoms with Crippen LogP contribution in [0.25, 0.3) is 11.1 Å². The molecule has 0 bridgehead atoms. The third-order valence-corrected chi connectivity index (χ3v) is 7.67. The average molecular weight is 657 g/mol. The molecule has 3 rings (SSSR count). The van der Waals surface area contributed by atoms with Crippen molar-refractivity contribution >= 4 is 11.9 Å². The number of hydrogen-bond acceptors (Lipinski definition) is 6. The summed E-state index contributed by atoms with van der Waals surface area (Å²) in [6.45, 7) is 4.50. The molecule has 256 valence electrons. The van der Waals surface area contributed by atoms with E-state index in [4.69, 9.17) is 18.9 Å². The fourth-order valence-electron chi connectivity index (χ4n) is 4.88. The fraction of sp³-hybridized carbons (Fsp3) is 0.474. The molecule has 0 aliphatic heterocycles. The number of unbranched alkanes of at least 4 members (excludes halogenated alkanes) is 8. The topological polar surface area (TPSA) is 71.1 Å². The Bertz CT molecular complexity index is 1320. The summed E-state index contributed by atoms with van der Waals surface area (Å²) in [6.07, 6.45) is 3.53. The summed E-state index contributed by atoms with van der Waals surface area (Å²) in [7, 11) is 0. The lowest BCUT2D eigenvalue weighted by atomic mass is 10.0. The Hall–Kier alpha value is -3.85. The van der Waals surface area contributed by atoms with Crippen molar-refractivity contribution < 1.29 is 41.7 Å². The van der Waals surface area contributed by atoms with E-state index < -0.39 is 37.2 Å². The van der Waals surface area contributed by atoms with E-state index in [1.807, 2.05) is 43.3 Å². The third-order valence-electron chi connectivity index (χ3n) is 7.67. The Balaban J connectivity index is 1.42. The van der Waals surface area contributed by atoms with Gasteiger partial charge in [0.1, 0.15) is 11.5 Å². The van der Waals surface area contributed by atoms with Crippen LogP contribution in [0.3, 0.4) is 0 Å². The predicted octanol–water partition coefficient (Wildman–Crippen LogP) is 10.4. The van der Waals surface area contributed by atoms with Crippen LogP contribution in [0.5, 0.6) is 11.5 Å². The molecule has 0 aliphatic rings. The van der Waals surface area contributed by atoms with Gasteiger partial charge in [0, 0.05) is 13.0 Å². The van der Waals surface area contributed by atoms with Gasteiger partial charge < -0.3 is 18.9 Å². The van der Waals surface area contributed by atoms with E-state index >= 15 is 0 Å². The molecule has 3 aromatic carbocycles. The van der Waals surface area contributed by atoms with Gasteiger partial charge in [0.25, 0.3) is 0 Å². The van der Waals surface area contributed by atoms with Crippen LogP contribution in [0.2, 0.25) is 0 Å². The van der Waals surface area contributed by atoms with E-state index in [-0.39, 0.29) is 17.9 Å². The van der Waals surface area contributed by atoms with Crippen molar-refractivity contribution in [1.29, 1.82) is 0 Å². The molecule has 0 spiro atoms. The summed E-state index contributed by atoms with van der Waals surface area (Å²) in [5, 5.41) is 0. The predicted molar refractivity (Wildman–Crippen MR) is 177 cm³/mol. The van der Waals surface area contributed by atoms with Crippen LogP contribution < -0.4 is 9.47 Å². The summed E-state index contributed by atoms with van der Waals surface area (Å²) in [4.78, 5) is 25.1. The van der Waals surface area contributed by atoms with Gasteiger partial charge in [0.05, 0.1) is 24.3 Å². The van der Waals surface area contributed by atoms with Crippen LogP contribution in [0.15, 0.2) is 72.8 Å². The number of ether oxygens (including phenoxy) is 4. The van der Waals surface area contributed by atoms with Crippen molar-refractivity contribution in [2.45, 2.75) is 96.8 Å². The van der Waals surface area contributed by atoms with Gasteiger partial charge in [-0.05, 0) is 72.5 Å². The molecular weight excluding hydrogens is 609 g/mol. The van der Waals surface area contributed by atoms with Crippen LogP contribution in [-0.2, 0) is 9.47 Å². The number of benzene rings is 3. The Labute approximate surface area is 276 Å². The van der Waals surface area contributed by atoms with Crippen molar-refractivity contribution in [3.05, 3.63) is 83.9 Å². The maximum absolute atomic E-state index is 13.3. The lowest BCUT2D eigenvalue weighted by Crippen LogP contribution is -2.33. The average Bonchev–Trinajstić information content (AvgIpc) is 3.07. The third kappa shape index (κ3) is 13.8. The maximum atomic E-state index is 13.3. The Morgan fingerprint density at radius 1 is 0.596 bits per heavy atom. The fourth-order valence-corrected chi connectivity index (χ4v) is 4.88. The van der Waals surface area contributed by atoms with Crippen LogP contribution in [0.4, 0.5) is 13.2 Å². The normalized spacial score (nSPS) is 12.0. The Morgan fingerprint density at radius 3 is 1.70 bits per heavy atom. The molecule has 0 aliphatic carbocycles. The Kier molecular flexibility index (Phi) is 16.3. The first-order chi connectivity index (χ1) is 22.7. The van der Waals surface area contributed by atoms with Gasteiger partial charge in [-0.15, -0.1) is 0 Å². The number of esters is 2. The highest BCUT2D eigenvalue weighted by Crippen LogP contribution is 2.27. The standard InChI is InChI=1S/C38H47F3O6/c1-3-5-7-9-10-12-26-44-33-21-17-30(18-22-33)29-13-15-32(16-14-29)37(43)47-34-23-19-31(20-24-34)36(42)46-28-25-35(38(39,40)41)45-27-11-8-6-4-2/h13-24,35H,3-12,25-28H2,1-2H3. The first-order valence-corrected chi connectivity index (χ1v) is 16.7. The molecule has 0 aromatic heterocycles. The van der Waals surface area contributed by atoms with Crippen LogP contribution >= 0.6 is 0 Å². The second kappa shape index (κ2) is 20.4. The molecular formula is C38H47F3O6. The van der Waals surface area contributed by atoms with Gasteiger partial charge in [-0.25, -0.2) is 9.59 Å². The van der Waals surface area contributed by atoms with E-state index in [0.717, 1.165) is 42.6 Å². The van der Waals surface area contributed by atoms with E-state index in [9.17, 15) is 22.8 Å². The molecule has 0 heterocycles. The number of halogens is 3. The number of hydrogen-bond donors (Lipinski definition) is 0. The van der Waals surface area contributed by atoms with Crippen LogP contribution in [0, 0.1) is 0 Å². The van der Waals surface area contributed by atoms with Crippen molar-refractivity contribution in [3.63, 3.8) is 0 Å². The van der Waals surface area contributed by atoms with Gasteiger partial charge in [-0.2, -0.15) is 13.2 Å². The molecule has 0 amide bonds. The number of alkyl halides is 3. The molecule has 0 radical (unpaired) electrons. The zero-order valence-corrected chi connectivity index (χ0v) is 27.5. The highest BCUT2D eigenvalue weighted by atomic mass is 19.4. The smallest absolute Gasteiger partial charge is 0.414 e. The molecule has 0 saturated carbocycles. The van der Waals surface area contributed by atoms with Crippen LogP contribution in [-0.4, -0.2) is 44.0 Å². The first kappa shape index (κ1) is 37.6. The minimum absolute atomic E-state index is 0.00547. The largest absolute Gasteiger partial charge is 0.494 e. The van der Waals surface area contributed by atoms with E-state index in [1.165, 1.54) is 56.4 Å². The van der Waals surface area contributed by atoms with Gasteiger partial charge in [0.2, 0.25) is 0 Å². The van der Waals surface area contributed by atoms with Crippen molar-refractivity contribution in [1.82, 2.24) is 0 Å². The van der Waals surface area contributed by atoms with Gasteiger partial charge in [0.15, 0.2) is 6.10 Å². The number of rotatable bonds is 21. The summed E-state index contributed by atoms with van der Waals surface area (Å²) >= 11 is 0. The molecule has 9 heteroatoms. The summed E-state index contributed by atoms with van der Waals surface area (Å²) in [5.74, 6) is -0.311. The molecule has 1 unspecified atom stereocenters. The first-order valence-electron chi connectivity index (χ1n) is 16.7.